The molecule has 0 spiro atoms. The van der Waals surface area contributed by atoms with Crippen molar-refractivity contribution in [3.05, 3.63) is 108 Å². The first-order valence-electron chi connectivity index (χ1n) is 7.87. The largest absolute Gasteiger partial charge is 0.326 e. The predicted octanol–water partition coefficient (Wildman–Crippen LogP) is 4.59. The number of rotatable bonds is 4. The summed E-state index contributed by atoms with van der Waals surface area (Å²) in [6.07, 6.45) is 9.25. The van der Waals surface area contributed by atoms with Crippen molar-refractivity contribution < 1.29 is 8.78 Å². The molecule has 1 atom stereocenters. The van der Waals surface area contributed by atoms with Crippen molar-refractivity contribution in [1.82, 2.24) is 14.1 Å². The highest BCUT2D eigenvalue weighted by Crippen LogP contribution is 2.28. The lowest BCUT2D eigenvalue weighted by Crippen LogP contribution is -2.10. The highest BCUT2D eigenvalue weighted by molar-refractivity contribution is 5.38. The number of halogens is 2. The Morgan fingerprint density at radius 1 is 0.760 bits per heavy atom. The van der Waals surface area contributed by atoms with Crippen molar-refractivity contribution in [1.29, 1.82) is 0 Å². The van der Waals surface area contributed by atoms with E-state index in [1.54, 1.807) is 36.8 Å². The minimum absolute atomic E-state index is 0.121. The molecule has 0 saturated heterocycles. The molecule has 0 saturated carbocycles. The lowest BCUT2D eigenvalue weighted by atomic mass is 10.0. The van der Waals surface area contributed by atoms with Gasteiger partial charge < -0.3 is 9.13 Å². The van der Waals surface area contributed by atoms with Crippen molar-refractivity contribution in [2.24, 2.45) is 0 Å². The van der Waals surface area contributed by atoms with Gasteiger partial charge in [0.15, 0.2) is 0 Å². The average molecular weight is 335 g/mol. The highest BCUT2D eigenvalue weighted by Gasteiger charge is 2.17. The molecule has 0 bridgehead atoms. The zero-order valence-corrected chi connectivity index (χ0v) is 13.3. The molecule has 124 valence electrons. The molecule has 4 rings (SSSR count). The van der Waals surface area contributed by atoms with Crippen molar-refractivity contribution >= 4 is 0 Å². The van der Waals surface area contributed by atoms with E-state index in [1.165, 1.54) is 24.3 Å². The highest BCUT2D eigenvalue weighted by atomic mass is 19.1. The Hall–Kier alpha value is -3.21. The first-order chi connectivity index (χ1) is 12.2. The quantitative estimate of drug-likeness (QED) is 0.535. The van der Waals surface area contributed by atoms with Gasteiger partial charge in [0.1, 0.15) is 11.6 Å². The van der Waals surface area contributed by atoms with Crippen LogP contribution in [0.2, 0.25) is 0 Å². The topological polar surface area (TPSA) is 22.8 Å². The first-order valence-corrected chi connectivity index (χ1v) is 7.87. The van der Waals surface area contributed by atoms with Crippen LogP contribution in [-0.4, -0.2) is 14.1 Å². The van der Waals surface area contributed by atoms with Gasteiger partial charge in [-0.2, -0.15) is 0 Å². The maximum atomic E-state index is 13.3. The van der Waals surface area contributed by atoms with E-state index in [2.05, 4.69) is 4.98 Å². The fraction of sp³-hybridized carbons (Fsp3) is 0.0500. The molecule has 3 nitrogen and oxygen atoms in total. The third-order valence-corrected chi connectivity index (χ3v) is 4.17. The molecule has 2 heterocycles. The van der Waals surface area contributed by atoms with Crippen LogP contribution in [0, 0.1) is 11.6 Å². The summed E-state index contributed by atoms with van der Waals surface area (Å²) in [5.74, 6) is -0.532. The summed E-state index contributed by atoms with van der Waals surface area (Å²) in [6, 6.07) is 14.6. The second-order valence-corrected chi connectivity index (χ2v) is 5.79. The lowest BCUT2D eigenvalue weighted by molar-refractivity contribution is 0.622. The summed E-state index contributed by atoms with van der Waals surface area (Å²) in [4.78, 5) is 4.13. The normalized spacial score (nSPS) is 12.2. The molecule has 4 aromatic rings. The van der Waals surface area contributed by atoms with Crippen LogP contribution in [0.4, 0.5) is 8.78 Å². The molecule has 0 aliphatic heterocycles. The molecule has 2 aromatic heterocycles. The number of hydrogen-bond donors (Lipinski definition) is 0. The van der Waals surface area contributed by atoms with Gasteiger partial charge in [0, 0.05) is 30.5 Å². The lowest BCUT2D eigenvalue weighted by Gasteiger charge is -2.18. The summed E-state index contributed by atoms with van der Waals surface area (Å²) in [7, 11) is 0. The maximum absolute atomic E-state index is 13.3. The SMILES string of the molecule is Fc1ccc([C@@H](c2ccn(-c3ccc(F)cc3)c2)n2ccnc2)cc1. The molecule has 5 heteroatoms. The van der Waals surface area contributed by atoms with E-state index in [0.29, 0.717) is 0 Å². The van der Waals surface area contributed by atoms with Gasteiger partial charge in [-0.05, 0) is 53.6 Å². The zero-order chi connectivity index (χ0) is 17.2. The average Bonchev–Trinajstić information content (AvgIpc) is 3.30. The van der Waals surface area contributed by atoms with Crippen molar-refractivity contribution in [3.63, 3.8) is 0 Å². The second-order valence-electron chi connectivity index (χ2n) is 5.79. The van der Waals surface area contributed by atoms with Gasteiger partial charge in [0.2, 0.25) is 0 Å². The van der Waals surface area contributed by atoms with Crippen LogP contribution in [0.3, 0.4) is 0 Å². The first kappa shape index (κ1) is 15.3. The van der Waals surface area contributed by atoms with Gasteiger partial charge in [-0.25, -0.2) is 13.8 Å². The van der Waals surface area contributed by atoms with E-state index in [0.717, 1.165) is 16.8 Å². The zero-order valence-electron chi connectivity index (χ0n) is 13.3. The van der Waals surface area contributed by atoms with Gasteiger partial charge in [-0.3, -0.25) is 0 Å². The van der Waals surface area contributed by atoms with Gasteiger partial charge in [0.05, 0.1) is 12.4 Å². The standard InChI is InChI=1S/C20H15F2N3/c21-17-3-1-15(2-4-17)20(25-12-10-23-14-25)16-9-11-24(13-16)19-7-5-18(22)6-8-19/h1-14,20H/t20-/m0/s1. The predicted molar refractivity (Wildman–Crippen MR) is 91.6 cm³/mol. The Labute approximate surface area is 143 Å². The number of aromatic nitrogens is 3. The Morgan fingerprint density at radius 3 is 2.08 bits per heavy atom. The monoisotopic (exact) mass is 335 g/mol. The number of benzene rings is 2. The van der Waals surface area contributed by atoms with E-state index in [4.69, 9.17) is 0 Å². The van der Waals surface area contributed by atoms with Crippen LogP contribution in [-0.2, 0) is 0 Å². The second kappa shape index (κ2) is 6.36. The molecule has 0 amide bonds. The molecule has 2 aromatic carbocycles. The molecule has 0 fully saturated rings. The van der Waals surface area contributed by atoms with Crippen molar-refractivity contribution in [2.45, 2.75) is 6.04 Å². The van der Waals surface area contributed by atoms with E-state index in [9.17, 15) is 8.78 Å². The number of nitrogens with zero attached hydrogens (tertiary/aromatic N) is 3. The number of imidazole rings is 1. The van der Waals surface area contributed by atoms with E-state index >= 15 is 0 Å². The summed E-state index contributed by atoms with van der Waals surface area (Å²) < 4.78 is 30.3. The Morgan fingerprint density at radius 2 is 1.44 bits per heavy atom. The molecule has 0 N–H and O–H groups in total. The van der Waals surface area contributed by atoms with E-state index in [-0.39, 0.29) is 17.7 Å². The van der Waals surface area contributed by atoms with Crippen molar-refractivity contribution in [3.8, 4) is 5.69 Å². The summed E-state index contributed by atoms with van der Waals surface area (Å²) in [5, 5.41) is 0. The molecule has 0 radical (unpaired) electrons. The van der Waals surface area contributed by atoms with Crippen LogP contribution >= 0.6 is 0 Å². The Balaban J connectivity index is 1.75. The molecule has 0 unspecified atom stereocenters. The van der Waals surface area contributed by atoms with Crippen LogP contribution in [0.5, 0.6) is 0 Å². The fourth-order valence-corrected chi connectivity index (χ4v) is 2.95. The smallest absolute Gasteiger partial charge is 0.123 e. The Bertz CT molecular complexity index is 955. The van der Waals surface area contributed by atoms with Gasteiger partial charge in [-0.15, -0.1) is 0 Å². The molecule has 25 heavy (non-hydrogen) atoms. The maximum Gasteiger partial charge on any atom is 0.123 e. The summed E-state index contributed by atoms with van der Waals surface area (Å²) in [5.41, 5.74) is 2.85. The van der Waals surface area contributed by atoms with E-state index < -0.39 is 0 Å². The minimum Gasteiger partial charge on any atom is -0.326 e. The minimum atomic E-state index is -0.267. The molecule has 0 aliphatic carbocycles. The van der Waals surface area contributed by atoms with Crippen LogP contribution in [0.1, 0.15) is 17.2 Å². The third kappa shape index (κ3) is 3.08. The summed E-state index contributed by atoms with van der Waals surface area (Å²) >= 11 is 0. The van der Waals surface area contributed by atoms with Crippen LogP contribution in [0.15, 0.2) is 85.7 Å². The number of hydrogen-bond acceptors (Lipinski definition) is 1. The van der Waals surface area contributed by atoms with Gasteiger partial charge in [-0.1, -0.05) is 12.1 Å². The molecular formula is C20H15F2N3. The van der Waals surface area contributed by atoms with Crippen molar-refractivity contribution in [2.75, 3.05) is 0 Å². The molecule has 0 aliphatic rings. The summed E-state index contributed by atoms with van der Waals surface area (Å²) in [6.45, 7) is 0. The van der Waals surface area contributed by atoms with Crippen LogP contribution in [0.25, 0.3) is 5.69 Å². The van der Waals surface area contributed by atoms with Gasteiger partial charge in [0.25, 0.3) is 0 Å². The third-order valence-electron chi connectivity index (χ3n) is 4.17. The van der Waals surface area contributed by atoms with E-state index in [1.807, 2.05) is 33.8 Å². The Kier molecular flexibility index (Phi) is 3.90. The molecular weight excluding hydrogens is 320 g/mol. The fourth-order valence-electron chi connectivity index (χ4n) is 2.95. The van der Waals surface area contributed by atoms with Crippen LogP contribution < -0.4 is 0 Å². The van der Waals surface area contributed by atoms with Gasteiger partial charge >= 0.3 is 0 Å².